The molecule has 2 aliphatic rings. The number of hydrogen-bond donors (Lipinski definition) is 1. The minimum Gasteiger partial charge on any atom is -0.316 e. The van der Waals surface area contributed by atoms with E-state index in [4.69, 9.17) is 0 Å². The Kier molecular flexibility index (Phi) is 3.31. The van der Waals surface area contributed by atoms with Gasteiger partial charge in [-0.1, -0.05) is 0 Å². The monoisotopic (exact) mass is 252 g/mol. The number of benzene rings is 1. The van der Waals surface area contributed by atoms with Gasteiger partial charge in [-0.05, 0) is 56.1 Å². The molecule has 1 aromatic carbocycles. The molecule has 98 valence electrons. The molecular formula is C14H18F2N2. The molecule has 2 atom stereocenters. The van der Waals surface area contributed by atoms with Crippen molar-refractivity contribution < 1.29 is 8.78 Å². The minimum atomic E-state index is -0.358. The highest BCUT2D eigenvalue weighted by Crippen LogP contribution is 2.27. The molecule has 2 aliphatic heterocycles. The first-order chi connectivity index (χ1) is 8.72. The van der Waals surface area contributed by atoms with Gasteiger partial charge in [0, 0.05) is 18.7 Å². The Hall–Kier alpha value is -1.00. The number of rotatable bonds is 2. The third-order valence-electron chi connectivity index (χ3n) is 4.19. The standard InChI is InChI=1S/C14H18F2N2/c15-13-1-2-14(16)11(5-13)8-18-4-3-10-6-17-7-12(10)9-18/h1-2,5,10,12,17H,3-4,6-9H2. The van der Waals surface area contributed by atoms with Crippen molar-refractivity contribution in [3.63, 3.8) is 0 Å². The summed E-state index contributed by atoms with van der Waals surface area (Å²) in [5, 5.41) is 3.41. The predicted octanol–water partition coefficient (Wildman–Crippen LogP) is 2.01. The van der Waals surface area contributed by atoms with E-state index in [1.54, 1.807) is 0 Å². The number of halogens is 2. The molecule has 1 aromatic rings. The summed E-state index contributed by atoms with van der Waals surface area (Å²) in [4.78, 5) is 2.24. The quantitative estimate of drug-likeness (QED) is 0.866. The van der Waals surface area contributed by atoms with Gasteiger partial charge in [-0.15, -0.1) is 0 Å². The van der Waals surface area contributed by atoms with Crippen LogP contribution in [0.3, 0.4) is 0 Å². The lowest BCUT2D eigenvalue weighted by Gasteiger charge is -2.34. The lowest BCUT2D eigenvalue weighted by Crippen LogP contribution is -2.39. The number of piperidine rings is 1. The summed E-state index contributed by atoms with van der Waals surface area (Å²) in [7, 11) is 0. The van der Waals surface area contributed by atoms with E-state index in [-0.39, 0.29) is 11.6 Å². The molecule has 0 aliphatic carbocycles. The Bertz CT molecular complexity index is 436. The van der Waals surface area contributed by atoms with Crippen molar-refractivity contribution in [1.29, 1.82) is 0 Å². The number of likely N-dealkylation sites (tertiary alicyclic amines) is 1. The van der Waals surface area contributed by atoms with Crippen LogP contribution >= 0.6 is 0 Å². The number of fused-ring (bicyclic) bond motifs is 1. The second kappa shape index (κ2) is 4.94. The maximum Gasteiger partial charge on any atom is 0.127 e. The summed E-state index contributed by atoms with van der Waals surface area (Å²) < 4.78 is 26.7. The van der Waals surface area contributed by atoms with E-state index in [9.17, 15) is 8.78 Å². The van der Waals surface area contributed by atoms with Crippen LogP contribution in [0.4, 0.5) is 8.78 Å². The van der Waals surface area contributed by atoms with Crippen molar-refractivity contribution in [2.24, 2.45) is 11.8 Å². The second-order valence-electron chi connectivity index (χ2n) is 5.44. The first-order valence-corrected chi connectivity index (χ1v) is 6.59. The van der Waals surface area contributed by atoms with Gasteiger partial charge in [-0.3, -0.25) is 4.90 Å². The SMILES string of the molecule is Fc1ccc(F)c(CN2CCC3CNCC3C2)c1. The van der Waals surface area contributed by atoms with Gasteiger partial charge in [0.2, 0.25) is 0 Å². The molecule has 4 heteroatoms. The summed E-state index contributed by atoms with van der Waals surface area (Å²) in [6, 6.07) is 3.70. The zero-order chi connectivity index (χ0) is 12.5. The Balaban J connectivity index is 1.67. The zero-order valence-electron chi connectivity index (χ0n) is 10.3. The van der Waals surface area contributed by atoms with Gasteiger partial charge in [0.15, 0.2) is 0 Å². The lowest BCUT2D eigenvalue weighted by molar-refractivity contribution is 0.141. The molecule has 2 saturated heterocycles. The molecule has 2 fully saturated rings. The normalized spacial score (nSPS) is 28.3. The number of nitrogens with zero attached hydrogens (tertiary/aromatic N) is 1. The lowest BCUT2D eigenvalue weighted by atomic mass is 9.88. The van der Waals surface area contributed by atoms with E-state index in [0.717, 1.165) is 38.5 Å². The van der Waals surface area contributed by atoms with Gasteiger partial charge in [-0.25, -0.2) is 8.78 Å². The average Bonchev–Trinajstić information content (AvgIpc) is 2.81. The van der Waals surface area contributed by atoms with Crippen molar-refractivity contribution >= 4 is 0 Å². The van der Waals surface area contributed by atoms with Gasteiger partial charge in [0.1, 0.15) is 11.6 Å². The highest BCUT2D eigenvalue weighted by molar-refractivity contribution is 5.18. The Morgan fingerprint density at radius 2 is 2.06 bits per heavy atom. The molecule has 2 heterocycles. The fraction of sp³-hybridized carbons (Fsp3) is 0.571. The van der Waals surface area contributed by atoms with Gasteiger partial charge in [0.05, 0.1) is 0 Å². The molecule has 2 nitrogen and oxygen atoms in total. The molecular weight excluding hydrogens is 234 g/mol. The maximum absolute atomic E-state index is 13.6. The van der Waals surface area contributed by atoms with E-state index in [1.165, 1.54) is 18.2 Å². The fourth-order valence-corrected chi connectivity index (χ4v) is 3.16. The topological polar surface area (TPSA) is 15.3 Å². The third-order valence-corrected chi connectivity index (χ3v) is 4.19. The summed E-state index contributed by atoms with van der Waals surface area (Å²) in [5.41, 5.74) is 0.472. The smallest absolute Gasteiger partial charge is 0.127 e. The van der Waals surface area contributed by atoms with E-state index in [1.807, 2.05) is 0 Å². The fourth-order valence-electron chi connectivity index (χ4n) is 3.16. The Morgan fingerprint density at radius 1 is 1.22 bits per heavy atom. The summed E-state index contributed by atoms with van der Waals surface area (Å²) in [6.45, 7) is 4.68. The second-order valence-corrected chi connectivity index (χ2v) is 5.44. The van der Waals surface area contributed by atoms with Gasteiger partial charge < -0.3 is 5.32 Å². The largest absolute Gasteiger partial charge is 0.316 e. The van der Waals surface area contributed by atoms with Crippen LogP contribution in [0.5, 0.6) is 0 Å². The molecule has 0 saturated carbocycles. The Labute approximate surface area is 106 Å². The van der Waals surface area contributed by atoms with Crippen molar-refractivity contribution in [1.82, 2.24) is 10.2 Å². The highest BCUT2D eigenvalue weighted by Gasteiger charge is 2.32. The molecule has 0 bridgehead atoms. The van der Waals surface area contributed by atoms with Gasteiger partial charge >= 0.3 is 0 Å². The van der Waals surface area contributed by atoms with Crippen LogP contribution in [0.25, 0.3) is 0 Å². The van der Waals surface area contributed by atoms with Crippen LogP contribution in [0.15, 0.2) is 18.2 Å². The molecule has 3 rings (SSSR count). The van der Waals surface area contributed by atoms with E-state index >= 15 is 0 Å². The van der Waals surface area contributed by atoms with Crippen LogP contribution in [0, 0.1) is 23.5 Å². The summed E-state index contributed by atoms with van der Waals surface area (Å²) in [6.07, 6.45) is 1.16. The van der Waals surface area contributed by atoms with E-state index in [0.29, 0.717) is 18.0 Å². The third kappa shape index (κ3) is 2.40. The summed E-state index contributed by atoms with van der Waals surface area (Å²) >= 11 is 0. The molecule has 18 heavy (non-hydrogen) atoms. The van der Waals surface area contributed by atoms with Crippen molar-refractivity contribution in [2.75, 3.05) is 26.2 Å². The van der Waals surface area contributed by atoms with Crippen LogP contribution in [0.2, 0.25) is 0 Å². The number of hydrogen-bond acceptors (Lipinski definition) is 2. The van der Waals surface area contributed by atoms with E-state index in [2.05, 4.69) is 10.2 Å². The molecule has 0 spiro atoms. The maximum atomic E-state index is 13.6. The van der Waals surface area contributed by atoms with E-state index < -0.39 is 0 Å². The van der Waals surface area contributed by atoms with Crippen molar-refractivity contribution in [2.45, 2.75) is 13.0 Å². The molecule has 2 unspecified atom stereocenters. The average molecular weight is 252 g/mol. The van der Waals surface area contributed by atoms with Crippen molar-refractivity contribution in [3.8, 4) is 0 Å². The summed E-state index contributed by atoms with van der Waals surface area (Å²) in [5.74, 6) is 0.792. The molecule has 0 aromatic heterocycles. The Morgan fingerprint density at radius 3 is 2.94 bits per heavy atom. The first kappa shape index (κ1) is 12.1. The van der Waals surface area contributed by atoms with Crippen LogP contribution in [-0.2, 0) is 6.54 Å². The van der Waals surface area contributed by atoms with Crippen LogP contribution < -0.4 is 5.32 Å². The molecule has 0 amide bonds. The number of nitrogens with one attached hydrogen (secondary N) is 1. The first-order valence-electron chi connectivity index (χ1n) is 6.59. The van der Waals surface area contributed by atoms with Crippen LogP contribution in [-0.4, -0.2) is 31.1 Å². The molecule has 1 N–H and O–H groups in total. The predicted molar refractivity (Wildman–Crippen MR) is 66.1 cm³/mol. The highest BCUT2D eigenvalue weighted by atomic mass is 19.1. The molecule has 0 radical (unpaired) electrons. The van der Waals surface area contributed by atoms with Crippen LogP contribution in [0.1, 0.15) is 12.0 Å². The van der Waals surface area contributed by atoms with Gasteiger partial charge in [0.25, 0.3) is 0 Å². The minimum absolute atomic E-state index is 0.303. The zero-order valence-corrected chi connectivity index (χ0v) is 10.3. The van der Waals surface area contributed by atoms with Gasteiger partial charge in [-0.2, -0.15) is 0 Å². The van der Waals surface area contributed by atoms with Crippen molar-refractivity contribution in [3.05, 3.63) is 35.4 Å².